The molecule has 0 saturated heterocycles. The van der Waals surface area contributed by atoms with Crippen LogP contribution in [0, 0.1) is 24.0 Å². The lowest BCUT2D eigenvalue weighted by Crippen LogP contribution is -2.15. The molecule has 0 saturated carbocycles. The van der Waals surface area contributed by atoms with Crippen LogP contribution in [0.25, 0.3) is 0 Å². The molecule has 0 aliphatic carbocycles. The molecular weight excluding hydrogens is 406 g/mol. The highest BCUT2D eigenvalue weighted by molar-refractivity contribution is 7.92. The van der Waals surface area contributed by atoms with Crippen LogP contribution in [-0.2, 0) is 10.0 Å². The van der Waals surface area contributed by atoms with Crippen LogP contribution < -0.4 is 10.0 Å². The molecule has 8 nitrogen and oxygen atoms in total. The average Bonchev–Trinajstić information content (AvgIpc) is 2.70. The van der Waals surface area contributed by atoms with E-state index in [1.54, 1.807) is 6.07 Å². The first-order chi connectivity index (χ1) is 14.2. The number of amides is 1. The van der Waals surface area contributed by atoms with Crippen molar-refractivity contribution in [2.45, 2.75) is 18.7 Å². The molecule has 0 fully saturated rings. The Morgan fingerprint density at radius 1 is 0.933 bits per heavy atom. The lowest BCUT2D eigenvalue weighted by molar-refractivity contribution is -0.385. The van der Waals surface area contributed by atoms with Crippen molar-refractivity contribution >= 4 is 33.0 Å². The molecule has 2 N–H and O–H groups in total. The topological polar surface area (TPSA) is 118 Å². The van der Waals surface area contributed by atoms with Crippen molar-refractivity contribution in [2.24, 2.45) is 0 Å². The van der Waals surface area contributed by atoms with Crippen molar-refractivity contribution < 1.29 is 18.1 Å². The van der Waals surface area contributed by atoms with Crippen molar-refractivity contribution in [1.29, 1.82) is 0 Å². The predicted molar refractivity (Wildman–Crippen MR) is 114 cm³/mol. The first-order valence-electron chi connectivity index (χ1n) is 8.92. The van der Waals surface area contributed by atoms with Crippen LogP contribution in [0.5, 0.6) is 0 Å². The molecular formula is C21H19N3O5S. The van der Waals surface area contributed by atoms with Gasteiger partial charge in [-0.25, -0.2) is 8.42 Å². The van der Waals surface area contributed by atoms with Gasteiger partial charge in [-0.05, 0) is 55.8 Å². The maximum atomic E-state index is 12.6. The van der Waals surface area contributed by atoms with E-state index in [1.807, 2.05) is 25.1 Å². The van der Waals surface area contributed by atoms with Crippen molar-refractivity contribution in [3.63, 3.8) is 0 Å². The minimum Gasteiger partial charge on any atom is -0.322 e. The molecule has 1 amide bonds. The third-order valence-corrected chi connectivity index (χ3v) is 5.86. The number of hydrogen-bond donors (Lipinski definition) is 2. The number of nitrogens with one attached hydrogen (secondary N) is 2. The monoisotopic (exact) mass is 425 g/mol. The number of carbonyl (C=O) groups is 1. The maximum absolute atomic E-state index is 12.6. The summed E-state index contributed by atoms with van der Waals surface area (Å²) in [4.78, 5) is 22.6. The van der Waals surface area contributed by atoms with Crippen molar-refractivity contribution in [3.8, 4) is 0 Å². The molecule has 9 heteroatoms. The van der Waals surface area contributed by atoms with Crippen LogP contribution in [0.3, 0.4) is 0 Å². The Morgan fingerprint density at radius 2 is 1.60 bits per heavy atom. The summed E-state index contributed by atoms with van der Waals surface area (Å²) in [5.74, 6) is -0.326. The van der Waals surface area contributed by atoms with Gasteiger partial charge in [-0.15, -0.1) is 0 Å². The number of aryl methyl sites for hydroxylation is 2. The van der Waals surface area contributed by atoms with Gasteiger partial charge < -0.3 is 5.32 Å². The van der Waals surface area contributed by atoms with Gasteiger partial charge in [0.2, 0.25) is 0 Å². The summed E-state index contributed by atoms with van der Waals surface area (Å²) in [6.45, 7) is 3.41. The zero-order chi connectivity index (χ0) is 21.9. The van der Waals surface area contributed by atoms with Crippen LogP contribution in [-0.4, -0.2) is 19.2 Å². The number of sulfonamides is 1. The standard InChI is InChI=1S/C21H19N3O5S/c1-14-5-3-4-6-19(14)22-21(25)16-8-10-17(11-9-16)23-30(28,29)18-12-7-15(2)20(13-18)24(26)27/h3-13,23H,1-2H3,(H,22,25). The van der Waals surface area contributed by atoms with Gasteiger partial charge in [-0.2, -0.15) is 0 Å². The van der Waals surface area contributed by atoms with Crippen molar-refractivity contribution in [2.75, 3.05) is 10.0 Å². The van der Waals surface area contributed by atoms with Gasteiger partial charge in [0.15, 0.2) is 0 Å². The van der Waals surface area contributed by atoms with Gasteiger partial charge in [0, 0.05) is 28.6 Å². The molecule has 0 spiro atoms. The highest BCUT2D eigenvalue weighted by atomic mass is 32.2. The number of hydrogen-bond acceptors (Lipinski definition) is 5. The zero-order valence-electron chi connectivity index (χ0n) is 16.2. The highest BCUT2D eigenvalue weighted by Crippen LogP contribution is 2.24. The molecule has 154 valence electrons. The summed E-state index contributed by atoms with van der Waals surface area (Å²) in [6.07, 6.45) is 0. The summed E-state index contributed by atoms with van der Waals surface area (Å²) >= 11 is 0. The minimum atomic E-state index is -4.03. The normalized spacial score (nSPS) is 11.0. The number of carbonyl (C=O) groups excluding carboxylic acids is 1. The number of nitro groups is 1. The number of rotatable bonds is 6. The Morgan fingerprint density at radius 3 is 2.23 bits per heavy atom. The number of nitrogens with zero attached hydrogens (tertiary/aromatic N) is 1. The minimum absolute atomic E-state index is 0.221. The number of benzene rings is 3. The molecule has 0 aromatic heterocycles. The van der Waals surface area contributed by atoms with Crippen LogP contribution in [0.2, 0.25) is 0 Å². The molecule has 0 unspecified atom stereocenters. The summed E-state index contributed by atoms with van der Waals surface area (Å²) in [6, 6.07) is 16.9. The molecule has 3 rings (SSSR count). The Balaban J connectivity index is 1.76. The van der Waals surface area contributed by atoms with Crippen LogP contribution in [0.4, 0.5) is 17.1 Å². The molecule has 0 bridgehead atoms. The number of para-hydroxylation sites is 1. The number of anilines is 2. The fourth-order valence-electron chi connectivity index (χ4n) is 2.76. The molecule has 0 aliphatic heterocycles. The van der Waals surface area contributed by atoms with Crippen LogP contribution >= 0.6 is 0 Å². The molecule has 30 heavy (non-hydrogen) atoms. The summed E-state index contributed by atoms with van der Waals surface area (Å²) in [5, 5.41) is 13.9. The third kappa shape index (κ3) is 4.64. The fraction of sp³-hybridized carbons (Fsp3) is 0.0952. The summed E-state index contributed by atoms with van der Waals surface area (Å²) in [5.41, 5.74) is 2.28. The molecule has 0 radical (unpaired) electrons. The largest absolute Gasteiger partial charge is 0.322 e. The first-order valence-corrected chi connectivity index (χ1v) is 10.4. The lowest BCUT2D eigenvalue weighted by Gasteiger charge is -2.10. The zero-order valence-corrected chi connectivity index (χ0v) is 17.1. The summed E-state index contributed by atoms with van der Waals surface area (Å²) in [7, 11) is -4.03. The maximum Gasteiger partial charge on any atom is 0.273 e. The van der Waals surface area contributed by atoms with Gasteiger partial charge in [0.25, 0.3) is 21.6 Å². The van der Waals surface area contributed by atoms with E-state index in [9.17, 15) is 23.3 Å². The van der Waals surface area contributed by atoms with Gasteiger partial charge in [-0.1, -0.05) is 24.3 Å². The van der Waals surface area contributed by atoms with Gasteiger partial charge in [0.05, 0.1) is 9.82 Å². The molecule has 0 heterocycles. The van der Waals surface area contributed by atoms with Crippen LogP contribution in [0.15, 0.2) is 71.6 Å². The van der Waals surface area contributed by atoms with Crippen LogP contribution in [0.1, 0.15) is 21.5 Å². The van der Waals surface area contributed by atoms with E-state index < -0.39 is 14.9 Å². The number of nitro benzene ring substituents is 1. The van der Waals surface area contributed by atoms with E-state index >= 15 is 0 Å². The van der Waals surface area contributed by atoms with Crippen molar-refractivity contribution in [3.05, 3.63) is 93.5 Å². The SMILES string of the molecule is Cc1ccccc1NC(=O)c1ccc(NS(=O)(=O)c2ccc(C)c([N+](=O)[O-])c2)cc1. The lowest BCUT2D eigenvalue weighted by atomic mass is 10.1. The molecule has 3 aromatic carbocycles. The fourth-order valence-corrected chi connectivity index (χ4v) is 3.84. The Bertz CT molecular complexity index is 1220. The Kier molecular flexibility index (Phi) is 5.84. The second-order valence-corrected chi connectivity index (χ2v) is 8.34. The predicted octanol–water partition coefficient (Wildman–Crippen LogP) is 4.26. The second kappa shape index (κ2) is 8.34. The second-order valence-electron chi connectivity index (χ2n) is 6.66. The Labute approximate surface area is 173 Å². The third-order valence-electron chi connectivity index (χ3n) is 4.48. The molecule has 3 aromatic rings. The van der Waals surface area contributed by atoms with Gasteiger partial charge >= 0.3 is 0 Å². The van der Waals surface area contributed by atoms with E-state index in [0.717, 1.165) is 11.6 Å². The molecule has 0 aliphatic rings. The highest BCUT2D eigenvalue weighted by Gasteiger charge is 2.20. The van der Waals surface area contributed by atoms with Gasteiger partial charge in [-0.3, -0.25) is 19.6 Å². The van der Waals surface area contributed by atoms with E-state index in [1.165, 1.54) is 43.3 Å². The van der Waals surface area contributed by atoms with E-state index in [-0.39, 0.29) is 22.2 Å². The quantitative estimate of drug-likeness (QED) is 0.452. The van der Waals surface area contributed by atoms with Crippen molar-refractivity contribution in [1.82, 2.24) is 0 Å². The molecule has 0 atom stereocenters. The van der Waals surface area contributed by atoms with E-state index in [2.05, 4.69) is 10.0 Å². The van der Waals surface area contributed by atoms with E-state index in [4.69, 9.17) is 0 Å². The summed E-state index contributed by atoms with van der Waals surface area (Å²) < 4.78 is 27.5. The first kappa shape index (κ1) is 21.0. The van der Waals surface area contributed by atoms with E-state index in [0.29, 0.717) is 16.8 Å². The average molecular weight is 425 g/mol. The van der Waals surface area contributed by atoms with Gasteiger partial charge in [0.1, 0.15) is 0 Å². The Hall–Kier alpha value is -3.72. The smallest absolute Gasteiger partial charge is 0.273 e.